The first kappa shape index (κ1) is 20.3. The molecule has 7 heteroatoms. The van der Waals surface area contributed by atoms with Crippen molar-refractivity contribution in [2.75, 3.05) is 13.1 Å². The van der Waals surface area contributed by atoms with Gasteiger partial charge in [-0.2, -0.15) is 0 Å². The highest BCUT2D eigenvalue weighted by Gasteiger charge is 2.44. The molecular weight excluding hydrogens is 406 g/mol. The van der Waals surface area contributed by atoms with Crippen molar-refractivity contribution in [3.8, 4) is 5.75 Å². The third kappa shape index (κ3) is 3.53. The number of piperidine rings is 1. The number of ether oxygens (including phenoxy) is 1. The lowest BCUT2D eigenvalue weighted by Crippen LogP contribution is -2.49. The summed E-state index contributed by atoms with van der Waals surface area (Å²) in [5.74, 6) is -0.0989. The number of likely N-dealkylation sites (tertiary alicyclic amines) is 1. The van der Waals surface area contributed by atoms with Gasteiger partial charge in [0.25, 0.3) is 5.91 Å². The van der Waals surface area contributed by atoms with Gasteiger partial charge in [-0.25, -0.2) is 9.78 Å². The van der Waals surface area contributed by atoms with Gasteiger partial charge in [0, 0.05) is 24.5 Å². The number of phenolic OH excluding ortho intramolecular Hbond substituents is 1. The summed E-state index contributed by atoms with van der Waals surface area (Å²) < 4.78 is 5.69. The summed E-state index contributed by atoms with van der Waals surface area (Å²) in [6, 6.07) is 18.4. The van der Waals surface area contributed by atoms with E-state index in [1.165, 1.54) is 0 Å². The Morgan fingerprint density at radius 1 is 1.03 bits per heavy atom. The van der Waals surface area contributed by atoms with E-state index < -0.39 is 0 Å². The molecule has 7 nitrogen and oxygen atoms in total. The van der Waals surface area contributed by atoms with Crippen LogP contribution in [0.1, 0.15) is 41.9 Å². The van der Waals surface area contributed by atoms with Gasteiger partial charge in [0.1, 0.15) is 23.1 Å². The van der Waals surface area contributed by atoms with Gasteiger partial charge in [-0.15, -0.1) is 0 Å². The Bertz CT molecular complexity index is 1160. The van der Waals surface area contributed by atoms with Crippen molar-refractivity contribution in [1.82, 2.24) is 14.8 Å². The van der Waals surface area contributed by atoms with Gasteiger partial charge in [-0.1, -0.05) is 48.5 Å². The van der Waals surface area contributed by atoms with Crippen LogP contribution in [0.2, 0.25) is 0 Å². The van der Waals surface area contributed by atoms with Crippen molar-refractivity contribution in [2.45, 2.75) is 38.0 Å². The Morgan fingerprint density at radius 3 is 2.53 bits per heavy atom. The van der Waals surface area contributed by atoms with Crippen LogP contribution in [0.4, 0.5) is 4.79 Å². The number of aromatic nitrogens is 1. The van der Waals surface area contributed by atoms with Crippen LogP contribution >= 0.6 is 0 Å². The smallest absolute Gasteiger partial charge is 0.411 e. The number of rotatable bonds is 3. The van der Waals surface area contributed by atoms with Crippen LogP contribution in [0, 0.1) is 0 Å². The maximum atomic E-state index is 13.0. The molecule has 32 heavy (non-hydrogen) atoms. The molecular formula is C25H25N3O4. The van der Waals surface area contributed by atoms with Gasteiger partial charge in [-0.05, 0) is 37.5 Å². The Morgan fingerprint density at radius 2 is 1.78 bits per heavy atom. The number of carbonyl (C=O) groups excluding carboxylic acids is 2. The van der Waals surface area contributed by atoms with Crippen LogP contribution in [-0.4, -0.2) is 57.1 Å². The Labute approximate surface area is 186 Å². The molecule has 2 unspecified atom stereocenters. The number of fused-ring (bicyclic) bond motifs is 1. The highest BCUT2D eigenvalue weighted by atomic mass is 16.6. The van der Waals surface area contributed by atoms with E-state index in [-0.39, 0.29) is 35.9 Å². The quantitative estimate of drug-likeness (QED) is 0.674. The third-order valence-corrected chi connectivity index (χ3v) is 6.51. The second-order valence-electron chi connectivity index (χ2n) is 8.43. The van der Waals surface area contributed by atoms with Crippen molar-refractivity contribution in [1.29, 1.82) is 0 Å². The third-order valence-electron chi connectivity index (χ3n) is 6.51. The van der Waals surface area contributed by atoms with Crippen LogP contribution in [0.25, 0.3) is 10.9 Å². The predicted molar refractivity (Wildman–Crippen MR) is 119 cm³/mol. The molecule has 1 aromatic heterocycles. The van der Waals surface area contributed by atoms with Gasteiger partial charge in [0.15, 0.2) is 0 Å². The maximum absolute atomic E-state index is 13.0. The molecule has 1 N–H and O–H groups in total. The van der Waals surface area contributed by atoms with E-state index in [4.69, 9.17) is 4.74 Å². The molecule has 3 aromatic rings. The molecule has 2 atom stereocenters. The summed E-state index contributed by atoms with van der Waals surface area (Å²) in [6.45, 7) is 3.10. The van der Waals surface area contributed by atoms with Crippen LogP contribution in [0.3, 0.4) is 0 Å². The number of phenols is 1. The van der Waals surface area contributed by atoms with Crippen LogP contribution < -0.4 is 0 Å². The number of hydrogen-bond acceptors (Lipinski definition) is 5. The lowest BCUT2D eigenvalue weighted by molar-refractivity contribution is 0.0635. The Balaban J connectivity index is 1.26. The van der Waals surface area contributed by atoms with Gasteiger partial charge in [0.2, 0.25) is 0 Å². The fourth-order valence-corrected chi connectivity index (χ4v) is 4.81. The summed E-state index contributed by atoms with van der Waals surface area (Å²) in [7, 11) is 0. The normalized spacial score (nSPS) is 21.7. The Kier molecular flexibility index (Phi) is 5.17. The van der Waals surface area contributed by atoms with E-state index in [0.29, 0.717) is 37.1 Å². The van der Waals surface area contributed by atoms with Crippen molar-refractivity contribution in [2.24, 2.45) is 0 Å². The van der Waals surface area contributed by atoms with Gasteiger partial charge < -0.3 is 14.7 Å². The minimum atomic E-state index is -0.289. The lowest BCUT2D eigenvalue weighted by atomic mass is 9.98. The van der Waals surface area contributed by atoms with Crippen LogP contribution in [0.15, 0.2) is 60.7 Å². The second-order valence-corrected chi connectivity index (χ2v) is 8.43. The van der Waals surface area contributed by atoms with E-state index in [2.05, 4.69) is 4.98 Å². The topological polar surface area (TPSA) is 83.0 Å². The molecule has 0 spiro atoms. The summed E-state index contributed by atoms with van der Waals surface area (Å²) in [5.41, 5.74) is 1.73. The molecule has 2 saturated heterocycles. The summed E-state index contributed by atoms with van der Waals surface area (Å²) >= 11 is 0. The van der Waals surface area contributed by atoms with E-state index in [1.54, 1.807) is 29.2 Å². The predicted octanol–water partition coefficient (Wildman–Crippen LogP) is 4.13. The van der Waals surface area contributed by atoms with E-state index >= 15 is 0 Å². The average molecular weight is 431 g/mol. The fraction of sp³-hybridized carbons (Fsp3) is 0.320. The molecule has 164 valence electrons. The molecule has 2 aromatic carbocycles. The first-order valence-corrected chi connectivity index (χ1v) is 10.9. The zero-order valence-corrected chi connectivity index (χ0v) is 17.8. The van der Waals surface area contributed by atoms with Crippen molar-refractivity contribution >= 4 is 22.9 Å². The highest BCUT2D eigenvalue weighted by molar-refractivity contribution is 5.96. The molecule has 0 aliphatic carbocycles. The number of nitrogens with zero attached hydrogens (tertiary/aromatic N) is 3. The number of cyclic esters (lactones) is 1. The maximum Gasteiger partial charge on any atom is 0.411 e. The monoisotopic (exact) mass is 431 g/mol. The molecule has 2 aliphatic rings. The summed E-state index contributed by atoms with van der Waals surface area (Å²) in [5, 5.41) is 10.8. The first-order valence-electron chi connectivity index (χ1n) is 10.9. The van der Waals surface area contributed by atoms with Gasteiger partial charge in [0.05, 0.1) is 6.04 Å². The van der Waals surface area contributed by atoms with Crippen molar-refractivity contribution in [3.63, 3.8) is 0 Å². The molecule has 2 fully saturated rings. The van der Waals surface area contributed by atoms with Crippen LogP contribution in [-0.2, 0) is 4.74 Å². The molecule has 2 aliphatic heterocycles. The molecule has 2 amide bonds. The Hall–Kier alpha value is -3.61. The van der Waals surface area contributed by atoms with E-state index in [9.17, 15) is 14.7 Å². The number of aromatic hydroxyl groups is 1. The number of para-hydroxylation sites is 1. The standard InChI is InChI=1S/C25H25N3O4/c1-16-23(18-6-3-2-4-7-18)32-25(31)28(16)19-12-14-27(15-13-19)24(30)20-11-10-17-8-5-9-21(29)22(17)26-20/h2-11,16,19,23,29H,12-15H2,1H3. The lowest BCUT2D eigenvalue weighted by Gasteiger charge is -2.37. The van der Waals surface area contributed by atoms with Crippen LogP contribution in [0.5, 0.6) is 5.75 Å². The van der Waals surface area contributed by atoms with E-state index in [1.807, 2.05) is 48.2 Å². The first-order chi connectivity index (χ1) is 15.5. The SMILES string of the molecule is CC1C(c2ccccc2)OC(=O)N1C1CCN(C(=O)c2ccc3cccc(O)c3n2)CC1. The molecule has 3 heterocycles. The zero-order valence-electron chi connectivity index (χ0n) is 17.8. The minimum Gasteiger partial charge on any atom is -0.506 e. The van der Waals surface area contributed by atoms with E-state index in [0.717, 1.165) is 10.9 Å². The molecule has 0 radical (unpaired) electrons. The molecule has 0 saturated carbocycles. The number of hydrogen-bond donors (Lipinski definition) is 1. The van der Waals surface area contributed by atoms with Gasteiger partial charge in [-0.3, -0.25) is 9.69 Å². The minimum absolute atomic E-state index is 0.0314. The number of benzene rings is 2. The zero-order chi connectivity index (χ0) is 22.2. The van der Waals surface area contributed by atoms with Crippen molar-refractivity contribution in [3.05, 3.63) is 71.9 Å². The molecule has 5 rings (SSSR count). The highest BCUT2D eigenvalue weighted by Crippen LogP contribution is 2.36. The van der Waals surface area contributed by atoms with Gasteiger partial charge >= 0.3 is 6.09 Å². The van der Waals surface area contributed by atoms with Crippen molar-refractivity contribution < 1.29 is 19.4 Å². The largest absolute Gasteiger partial charge is 0.506 e. The summed E-state index contributed by atoms with van der Waals surface area (Å²) in [6.07, 6.45) is 0.803. The molecule has 0 bridgehead atoms. The fourth-order valence-electron chi connectivity index (χ4n) is 4.81. The average Bonchev–Trinajstić information content (AvgIpc) is 3.13. The number of amides is 2. The summed E-state index contributed by atoms with van der Waals surface area (Å²) in [4.78, 5) is 33.7. The number of carbonyl (C=O) groups is 2. The number of pyridine rings is 1. The second kappa shape index (κ2) is 8.15.